The molecule has 0 amide bonds. The predicted octanol–water partition coefficient (Wildman–Crippen LogP) is 0.860. The molecule has 0 spiro atoms. The lowest BCUT2D eigenvalue weighted by molar-refractivity contribution is -0.137. The molecule has 0 saturated carbocycles. The van der Waals surface area contributed by atoms with Crippen molar-refractivity contribution in [3.8, 4) is 0 Å². The van der Waals surface area contributed by atoms with E-state index in [0.29, 0.717) is 0 Å². The Labute approximate surface area is 110 Å². The minimum atomic E-state index is -3.62. The lowest BCUT2D eigenvalue weighted by Gasteiger charge is -2.20. The van der Waals surface area contributed by atoms with E-state index in [1.165, 1.54) is 13.2 Å². The Hall–Kier alpha value is -0.960. The van der Waals surface area contributed by atoms with Gasteiger partial charge in [-0.1, -0.05) is 6.07 Å². The van der Waals surface area contributed by atoms with Gasteiger partial charge in [-0.25, -0.2) is 8.42 Å². The second-order valence-corrected chi connectivity index (χ2v) is 6.59. The molecule has 0 fully saturated rings. The van der Waals surface area contributed by atoms with E-state index >= 15 is 0 Å². The average molecular weight is 293 g/mol. The van der Waals surface area contributed by atoms with E-state index in [1.54, 1.807) is 11.4 Å². The van der Waals surface area contributed by atoms with Crippen molar-refractivity contribution in [2.45, 2.75) is 10.6 Å². The van der Waals surface area contributed by atoms with Crippen LogP contribution in [0, 0.1) is 0 Å². The van der Waals surface area contributed by atoms with Crippen molar-refractivity contribution in [1.82, 2.24) is 4.31 Å². The van der Waals surface area contributed by atoms with Crippen molar-refractivity contribution < 1.29 is 23.1 Å². The van der Waals surface area contributed by atoms with Gasteiger partial charge in [0.15, 0.2) is 0 Å². The Kier molecular flexibility index (Phi) is 5.73. The van der Waals surface area contributed by atoms with Gasteiger partial charge in [-0.2, -0.15) is 4.31 Å². The third kappa shape index (κ3) is 4.05. The summed E-state index contributed by atoms with van der Waals surface area (Å²) in [5.74, 6) is -1.03. The highest BCUT2D eigenvalue weighted by Crippen LogP contribution is 2.20. The number of ether oxygens (including phenoxy) is 1. The number of rotatable bonds is 8. The highest BCUT2D eigenvalue weighted by atomic mass is 32.2. The second-order valence-electron chi connectivity index (χ2n) is 3.47. The Bertz CT molecular complexity index is 468. The van der Waals surface area contributed by atoms with Crippen molar-refractivity contribution in [3.05, 3.63) is 17.5 Å². The molecule has 0 unspecified atom stereocenters. The molecule has 1 heterocycles. The first-order valence-electron chi connectivity index (χ1n) is 5.23. The fourth-order valence-electron chi connectivity index (χ4n) is 1.30. The lowest BCUT2D eigenvalue weighted by atomic mass is 10.4. The topological polar surface area (TPSA) is 83.9 Å². The standard InChI is InChI=1S/C10H15NO5S2/c1-16-7-6-11(5-4-9(12)13)18(14,15)10-3-2-8-17-10/h2-3,8H,4-7H2,1H3,(H,12,13). The van der Waals surface area contributed by atoms with Crippen LogP contribution < -0.4 is 0 Å². The Morgan fingerprint density at radius 2 is 2.22 bits per heavy atom. The van der Waals surface area contributed by atoms with Crippen molar-refractivity contribution in [1.29, 1.82) is 0 Å². The average Bonchev–Trinajstić information content (AvgIpc) is 2.82. The summed E-state index contributed by atoms with van der Waals surface area (Å²) in [5.41, 5.74) is 0. The molecule has 0 radical (unpaired) electrons. The van der Waals surface area contributed by atoms with E-state index in [9.17, 15) is 13.2 Å². The number of sulfonamides is 1. The van der Waals surface area contributed by atoms with Crippen LogP contribution >= 0.6 is 11.3 Å². The Morgan fingerprint density at radius 3 is 2.72 bits per heavy atom. The summed E-state index contributed by atoms with van der Waals surface area (Å²) in [5, 5.41) is 10.3. The number of carbonyl (C=O) groups is 1. The van der Waals surface area contributed by atoms with Gasteiger partial charge in [0.1, 0.15) is 4.21 Å². The maximum atomic E-state index is 12.2. The molecule has 0 atom stereocenters. The first-order chi connectivity index (χ1) is 8.48. The molecule has 1 N–H and O–H groups in total. The van der Waals surface area contributed by atoms with Crippen molar-refractivity contribution in [2.75, 3.05) is 26.8 Å². The van der Waals surface area contributed by atoms with E-state index in [-0.39, 0.29) is 30.3 Å². The summed E-state index contributed by atoms with van der Waals surface area (Å²) in [4.78, 5) is 10.5. The molecule has 0 aliphatic carbocycles. The van der Waals surface area contributed by atoms with E-state index < -0.39 is 16.0 Å². The smallest absolute Gasteiger partial charge is 0.304 e. The molecule has 1 rings (SSSR count). The number of thiophene rings is 1. The van der Waals surface area contributed by atoms with Gasteiger partial charge >= 0.3 is 5.97 Å². The van der Waals surface area contributed by atoms with Crippen molar-refractivity contribution in [3.63, 3.8) is 0 Å². The molecule has 8 heteroatoms. The molecule has 0 aliphatic rings. The fourth-order valence-corrected chi connectivity index (χ4v) is 3.87. The van der Waals surface area contributed by atoms with Gasteiger partial charge in [0, 0.05) is 20.2 Å². The van der Waals surface area contributed by atoms with Crippen LogP contribution in [0.2, 0.25) is 0 Å². The minimum absolute atomic E-state index is 0.0566. The van der Waals surface area contributed by atoms with Gasteiger partial charge in [0.2, 0.25) is 0 Å². The SMILES string of the molecule is COCCN(CCC(=O)O)S(=O)(=O)c1cccs1. The summed E-state index contributed by atoms with van der Waals surface area (Å²) in [7, 11) is -2.15. The lowest BCUT2D eigenvalue weighted by Crippen LogP contribution is -2.35. The molecule has 1 aromatic heterocycles. The Balaban J connectivity index is 2.84. The third-order valence-corrected chi connectivity index (χ3v) is 5.48. The van der Waals surface area contributed by atoms with E-state index in [1.807, 2.05) is 0 Å². The molecular formula is C10H15NO5S2. The van der Waals surface area contributed by atoms with Gasteiger partial charge in [-0.3, -0.25) is 4.79 Å². The zero-order chi connectivity index (χ0) is 13.6. The second kappa shape index (κ2) is 6.83. The summed E-state index contributed by atoms with van der Waals surface area (Å²) in [6.45, 7) is 0.313. The zero-order valence-corrected chi connectivity index (χ0v) is 11.5. The number of aliphatic carboxylic acids is 1. The summed E-state index contributed by atoms with van der Waals surface area (Å²) < 4.78 is 30.6. The van der Waals surface area contributed by atoms with Gasteiger partial charge in [0.25, 0.3) is 10.0 Å². The zero-order valence-electron chi connectivity index (χ0n) is 9.90. The number of hydrogen-bond donors (Lipinski definition) is 1. The predicted molar refractivity (Wildman–Crippen MR) is 67.2 cm³/mol. The van der Waals surface area contributed by atoms with Gasteiger partial charge < -0.3 is 9.84 Å². The van der Waals surface area contributed by atoms with Crippen molar-refractivity contribution in [2.24, 2.45) is 0 Å². The molecule has 0 saturated heterocycles. The highest BCUT2D eigenvalue weighted by Gasteiger charge is 2.25. The number of hydrogen-bond acceptors (Lipinski definition) is 5. The van der Waals surface area contributed by atoms with Gasteiger partial charge in [-0.05, 0) is 11.4 Å². The fraction of sp³-hybridized carbons (Fsp3) is 0.500. The molecule has 0 aromatic carbocycles. The first kappa shape index (κ1) is 15.1. The van der Waals surface area contributed by atoms with Crippen LogP contribution in [0.15, 0.2) is 21.7 Å². The van der Waals surface area contributed by atoms with E-state index in [4.69, 9.17) is 9.84 Å². The Morgan fingerprint density at radius 1 is 1.50 bits per heavy atom. The highest BCUT2D eigenvalue weighted by molar-refractivity contribution is 7.91. The molecule has 0 aliphatic heterocycles. The number of methoxy groups -OCH3 is 1. The maximum Gasteiger partial charge on any atom is 0.304 e. The van der Waals surface area contributed by atoms with Crippen LogP contribution in [0.1, 0.15) is 6.42 Å². The van der Waals surface area contributed by atoms with E-state index in [2.05, 4.69) is 0 Å². The summed E-state index contributed by atoms with van der Waals surface area (Å²) in [6.07, 6.45) is -0.228. The maximum absolute atomic E-state index is 12.2. The quantitative estimate of drug-likeness (QED) is 0.768. The van der Waals surface area contributed by atoms with Crippen LogP contribution in [0.5, 0.6) is 0 Å². The van der Waals surface area contributed by atoms with Crippen LogP contribution in [-0.4, -0.2) is 50.6 Å². The molecule has 102 valence electrons. The molecule has 0 bridgehead atoms. The van der Waals surface area contributed by atoms with Crippen molar-refractivity contribution >= 4 is 27.3 Å². The normalized spacial score (nSPS) is 11.9. The monoisotopic (exact) mass is 293 g/mol. The molecular weight excluding hydrogens is 278 g/mol. The van der Waals surface area contributed by atoms with Crippen LogP contribution in [0.4, 0.5) is 0 Å². The molecule has 6 nitrogen and oxygen atoms in total. The third-order valence-electron chi connectivity index (χ3n) is 2.21. The first-order valence-corrected chi connectivity index (χ1v) is 7.55. The van der Waals surface area contributed by atoms with Crippen LogP contribution in [0.25, 0.3) is 0 Å². The largest absolute Gasteiger partial charge is 0.481 e. The summed E-state index contributed by atoms with van der Waals surface area (Å²) in [6, 6.07) is 3.14. The number of carboxylic acids is 1. The number of carboxylic acid groups (broad SMARTS) is 1. The molecule has 18 heavy (non-hydrogen) atoms. The van der Waals surface area contributed by atoms with Crippen LogP contribution in [0.3, 0.4) is 0 Å². The molecule has 1 aromatic rings. The van der Waals surface area contributed by atoms with Gasteiger partial charge in [0.05, 0.1) is 13.0 Å². The van der Waals surface area contributed by atoms with E-state index in [0.717, 1.165) is 15.6 Å². The van der Waals surface area contributed by atoms with Crippen LogP contribution in [-0.2, 0) is 19.6 Å². The minimum Gasteiger partial charge on any atom is -0.481 e. The number of nitrogens with zero attached hydrogens (tertiary/aromatic N) is 1. The van der Waals surface area contributed by atoms with Gasteiger partial charge in [-0.15, -0.1) is 11.3 Å². The summed E-state index contributed by atoms with van der Waals surface area (Å²) >= 11 is 1.11.